The summed E-state index contributed by atoms with van der Waals surface area (Å²) in [7, 11) is 5.35. The molecule has 94 valence electrons. The smallest absolute Gasteiger partial charge is 0.265 e. The highest BCUT2D eigenvalue weighted by molar-refractivity contribution is 5.94. The molecule has 1 amide bonds. The van der Waals surface area contributed by atoms with Crippen LogP contribution in [0.25, 0.3) is 0 Å². The number of nitrogens with zero attached hydrogens (tertiary/aromatic N) is 2. The van der Waals surface area contributed by atoms with E-state index in [0.717, 1.165) is 5.69 Å². The molecule has 0 saturated heterocycles. The van der Waals surface area contributed by atoms with E-state index in [4.69, 9.17) is 0 Å². The summed E-state index contributed by atoms with van der Waals surface area (Å²) in [5.74, 6) is 0.866. The molecule has 1 rings (SSSR count). The zero-order chi connectivity index (χ0) is 13.0. The monoisotopic (exact) mass is 236 g/mol. The standard InChI is InChI=1S/C12H20N4O/c1-8(2)10-6-9(7-11(13-3)14-10)12(17)15-16(4)5/h6-8H,1-5H3,(H,13,14)(H,15,17). The van der Waals surface area contributed by atoms with Crippen molar-refractivity contribution < 1.29 is 4.79 Å². The predicted molar refractivity (Wildman–Crippen MR) is 69.0 cm³/mol. The van der Waals surface area contributed by atoms with Gasteiger partial charge in [-0.2, -0.15) is 0 Å². The van der Waals surface area contributed by atoms with Crippen LogP contribution < -0.4 is 10.7 Å². The molecule has 5 nitrogen and oxygen atoms in total. The Morgan fingerprint density at radius 2 is 2.00 bits per heavy atom. The molecule has 0 aliphatic carbocycles. The van der Waals surface area contributed by atoms with E-state index in [2.05, 4.69) is 29.6 Å². The topological polar surface area (TPSA) is 57.3 Å². The molecule has 0 bridgehead atoms. The Labute approximate surface area is 102 Å². The molecule has 0 unspecified atom stereocenters. The number of hydrogen-bond acceptors (Lipinski definition) is 4. The van der Waals surface area contributed by atoms with Crippen LogP contribution in [0.4, 0.5) is 5.82 Å². The number of hydrogen-bond donors (Lipinski definition) is 2. The maximum absolute atomic E-state index is 11.9. The molecule has 1 aromatic rings. The molecule has 0 aliphatic heterocycles. The second-order valence-corrected chi connectivity index (χ2v) is 4.41. The van der Waals surface area contributed by atoms with E-state index in [1.807, 2.05) is 6.07 Å². The van der Waals surface area contributed by atoms with Crippen LogP contribution in [0.1, 0.15) is 35.8 Å². The van der Waals surface area contributed by atoms with E-state index in [9.17, 15) is 4.79 Å². The largest absolute Gasteiger partial charge is 0.373 e. The minimum atomic E-state index is -0.129. The third-order valence-corrected chi connectivity index (χ3v) is 2.28. The first-order valence-electron chi connectivity index (χ1n) is 5.62. The van der Waals surface area contributed by atoms with Gasteiger partial charge in [0.05, 0.1) is 0 Å². The second kappa shape index (κ2) is 5.63. The summed E-state index contributed by atoms with van der Waals surface area (Å²) in [5.41, 5.74) is 4.23. The number of amides is 1. The number of aromatic nitrogens is 1. The molecule has 0 radical (unpaired) electrons. The lowest BCUT2D eigenvalue weighted by atomic mass is 10.1. The van der Waals surface area contributed by atoms with Crippen molar-refractivity contribution in [2.75, 3.05) is 26.5 Å². The van der Waals surface area contributed by atoms with Crippen LogP contribution in [0, 0.1) is 0 Å². The fourth-order valence-electron chi connectivity index (χ4n) is 1.37. The summed E-state index contributed by atoms with van der Waals surface area (Å²) in [4.78, 5) is 16.3. The molecular weight excluding hydrogens is 216 g/mol. The Balaban J connectivity index is 3.06. The minimum absolute atomic E-state index is 0.129. The van der Waals surface area contributed by atoms with E-state index in [1.165, 1.54) is 0 Å². The highest BCUT2D eigenvalue weighted by Gasteiger charge is 2.11. The average molecular weight is 236 g/mol. The van der Waals surface area contributed by atoms with Crippen LogP contribution in [0.5, 0.6) is 0 Å². The Morgan fingerprint density at radius 3 is 2.47 bits per heavy atom. The quantitative estimate of drug-likeness (QED) is 0.777. The van der Waals surface area contributed by atoms with Crippen LogP contribution >= 0.6 is 0 Å². The van der Waals surface area contributed by atoms with Gasteiger partial charge >= 0.3 is 0 Å². The Morgan fingerprint density at radius 1 is 1.35 bits per heavy atom. The van der Waals surface area contributed by atoms with Crippen molar-refractivity contribution in [3.05, 3.63) is 23.4 Å². The summed E-state index contributed by atoms with van der Waals surface area (Å²) in [6, 6.07) is 3.56. The molecule has 0 atom stereocenters. The second-order valence-electron chi connectivity index (χ2n) is 4.41. The third kappa shape index (κ3) is 3.71. The highest BCUT2D eigenvalue weighted by atomic mass is 16.2. The van der Waals surface area contributed by atoms with Crippen LogP contribution in [0.3, 0.4) is 0 Å². The number of nitrogens with one attached hydrogen (secondary N) is 2. The number of pyridine rings is 1. The third-order valence-electron chi connectivity index (χ3n) is 2.28. The lowest BCUT2D eigenvalue weighted by Crippen LogP contribution is -2.36. The molecule has 2 N–H and O–H groups in total. The van der Waals surface area contributed by atoms with Crippen molar-refractivity contribution in [3.8, 4) is 0 Å². The van der Waals surface area contributed by atoms with Gasteiger partial charge in [-0.3, -0.25) is 10.2 Å². The zero-order valence-electron chi connectivity index (χ0n) is 11.0. The fourth-order valence-corrected chi connectivity index (χ4v) is 1.37. The van der Waals surface area contributed by atoms with Gasteiger partial charge in [0.1, 0.15) is 5.82 Å². The molecular formula is C12H20N4O. The van der Waals surface area contributed by atoms with Crippen molar-refractivity contribution in [2.24, 2.45) is 0 Å². The van der Waals surface area contributed by atoms with Crippen LogP contribution in [-0.2, 0) is 0 Å². The number of anilines is 1. The molecule has 5 heteroatoms. The summed E-state index contributed by atoms with van der Waals surface area (Å²) >= 11 is 0. The van der Waals surface area contributed by atoms with Gasteiger partial charge in [0.15, 0.2) is 0 Å². The normalized spacial score (nSPS) is 10.8. The van der Waals surface area contributed by atoms with Crippen molar-refractivity contribution in [1.29, 1.82) is 0 Å². The Bertz CT molecular complexity index is 401. The number of carbonyl (C=O) groups is 1. The van der Waals surface area contributed by atoms with Gasteiger partial charge < -0.3 is 5.32 Å². The molecule has 0 aromatic carbocycles. The highest BCUT2D eigenvalue weighted by Crippen LogP contribution is 2.17. The maximum atomic E-state index is 11.9. The lowest BCUT2D eigenvalue weighted by molar-refractivity contribution is 0.0856. The zero-order valence-corrected chi connectivity index (χ0v) is 11.0. The van der Waals surface area contributed by atoms with Crippen molar-refractivity contribution in [3.63, 3.8) is 0 Å². The molecule has 0 spiro atoms. The van der Waals surface area contributed by atoms with Gasteiger partial charge in [0, 0.05) is 32.4 Å². The van der Waals surface area contributed by atoms with Crippen molar-refractivity contribution >= 4 is 11.7 Å². The lowest BCUT2D eigenvalue weighted by Gasteiger charge is -2.14. The molecule has 0 aliphatic rings. The molecule has 1 aromatic heterocycles. The van der Waals surface area contributed by atoms with E-state index < -0.39 is 0 Å². The number of hydrazine groups is 1. The molecule has 17 heavy (non-hydrogen) atoms. The minimum Gasteiger partial charge on any atom is -0.373 e. The van der Waals surface area contributed by atoms with Gasteiger partial charge in [0.2, 0.25) is 0 Å². The van der Waals surface area contributed by atoms with E-state index in [0.29, 0.717) is 11.4 Å². The number of rotatable bonds is 4. The summed E-state index contributed by atoms with van der Waals surface area (Å²) < 4.78 is 0. The summed E-state index contributed by atoms with van der Waals surface area (Å²) in [6.45, 7) is 4.10. The van der Waals surface area contributed by atoms with Crippen LogP contribution in [-0.4, -0.2) is 37.0 Å². The summed E-state index contributed by atoms with van der Waals surface area (Å²) in [5, 5.41) is 4.59. The maximum Gasteiger partial charge on any atom is 0.265 e. The van der Waals surface area contributed by atoms with E-state index in [1.54, 1.807) is 32.2 Å². The summed E-state index contributed by atoms with van der Waals surface area (Å²) in [6.07, 6.45) is 0. The van der Waals surface area contributed by atoms with Gasteiger partial charge in [-0.15, -0.1) is 0 Å². The fraction of sp³-hybridized carbons (Fsp3) is 0.500. The van der Waals surface area contributed by atoms with Crippen LogP contribution in [0.15, 0.2) is 12.1 Å². The van der Waals surface area contributed by atoms with Gasteiger partial charge in [-0.25, -0.2) is 9.99 Å². The SMILES string of the molecule is CNc1cc(C(=O)NN(C)C)cc(C(C)C)n1. The first-order valence-corrected chi connectivity index (χ1v) is 5.62. The van der Waals surface area contributed by atoms with E-state index in [-0.39, 0.29) is 11.8 Å². The van der Waals surface area contributed by atoms with E-state index >= 15 is 0 Å². The Hall–Kier alpha value is -1.62. The first-order chi connectivity index (χ1) is 7.93. The van der Waals surface area contributed by atoms with Gasteiger partial charge in [-0.1, -0.05) is 13.8 Å². The number of carbonyl (C=O) groups excluding carboxylic acids is 1. The van der Waals surface area contributed by atoms with Crippen molar-refractivity contribution in [2.45, 2.75) is 19.8 Å². The molecule has 0 fully saturated rings. The van der Waals surface area contributed by atoms with Gasteiger partial charge in [-0.05, 0) is 18.1 Å². The van der Waals surface area contributed by atoms with Crippen LogP contribution in [0.2, 0.25) is 0 Å². The van der Waals surface area contributed by atoms with Crippen molar-refractivity contribution in [1.82, 2.24) is 15.4 Å². The predicted octanol–water partition coefficient (Wildman–Crippen LogP) is 1.45. The first kappa shape index (κ1) is 13.4. The average Bonchev–Trinajstić information content (AvgIpc) is 2.27. The molecule has 0 saturated carbocycles. The molecule has 1 heterocycles. The van der Waals surface area contributed by atoms with Gasteiger partial charge in [0.25, 0.3) is 5.91 Å². The Kier molecular flexibility index (Phi) is 4.45.